The Balaban J connectivity index is 2.36. The molecular formula is C13H14ClN5O. The quantitative estimate of drug-likeness (QED) is 0.942. The Labute approximate surface area is 121 Å². The summed E-state index contributed by atoms with van der Waals surface area (Å²) in [5.41, 5.74) is 1.21. The number of anilines is 1. The molecule has 0 bridgehead atoms. The van der Waals surface area contributed by atoms with Crippen molar-refractivity contribution < 1.29 is 4.79 Å². The Morgan fingerprint density at radius 3 is 3.05 bits per heavy atom. The zero-order valence-corrected chi connectivity index (χ0v) is 11.7. The van der Waals surface area contributed by atoms with Crippen LogP contribution in [0.3, 0.4) is 0 Å². The van der Waals surface area contributed by atoms with Crippen LogP contribution in [0.25, 0.3) is 5.69 Å². The number of halogens is 1. The van der Waals surface area contributed by atoms with Gasteiger partial charge in [0.15, 0.2) is 5.15 Å². The maximum absolute atomic E-state index is 11.9. The van der Waals surface area contributed by atoms with Crippen LogP contribution in [0, 0.1) is 0 Å². The van der Waals surface area contributed by atoms with E-state index >= 15 is 0 Å². The van der Waals surface area contributed by atoms with Crippen LogP contribution in [0.1, 0.15) is 6.92 Å². The van der Waals surface area contributed by atoms with E-state index < -0.39 is 0 Å². The first-order chi connectivity index (χ1) is 9.67. The van der Waals surface area contributed by atoms with Gasteiger partial charge in [-0.3, -0.25) is 9.88 Å². The monoisotopic (exact) mass is 291 g/mol. The molecule has 0 unspecified atom stereocenters. The van der Waals surface area contributed by atoms with E-state index in [9.17, 15) is 4.79 Å². The van der Waals surface area contributed by atoms with Crippen LogP contribution < -0.4 is 10.2 Å². The molecule has 0 saturated carbocycles. The summed E-state index contributed by atoms with van der Waals surface area (Å²) in [6.07, 6.45) is 6.36. The maximum atomic E-state index is 11.9. The second kappa shape index (κ2) is 6.21. The van der Waals surface area contributed by atoms with E-state index in [-0.39, 0.29) is 11.2 Å². The van der Waals surface area contributed by atoms with Gasteiger partial charge in [-0.2, -0.15) is 5.10 Å². The summed E-state index contributed by atoms with van der Waals surface area (Å²) in [6.45, 7) is 5.97. The molecule has 0 spiro atoms. The van der Waals surface area contributed by atoms with E-state index in [2.05, 4.69) is 22.0 Å². The van der Waals surface area contributed by atoms with Gasteiger partial charge in [0, 0.05) is 18.9 Å². The van der Waals surface area contributed by atoms with Crippen molar-refractivity contribution in [2.45, 2.75) is 6.92 Å². The minimum Gasteiger partial charge on any atom is -0.338 e. The summed E-state index contributed by atoms with van der Waals surface area (Å²) in [5.74, 6) is 0. The fraction of sp³-hybridized carbons (Fsp3) is 0.154. The van der Waals surface area contributed by atoms with Gasteiger partial charge in [-0.1, -0.05) is 18.2 Å². The van der Waals surface area contributed by atoms with Crippen molar-refractivity contribution in [1.29, 1.82) is 0 Å². The molecule has 0 aliphatic heterocycles. The lowest BCUT2D eigenvalue weighted by Gasteiger charge is -2.16. The van der Waals surface area contributed by atoms with E-state index in [0.717, 1.165) is 5.69 Å². The van der Waals surface area contributed by atoms with Gasteiger partial charge in [-0.25, -0.2) is 9.48 Å². The molecule has 6 nitrogen and oxygen atoms in total. The van der Waals surface area contributed by atoms with Gasteiger partial charge in [0.2, 0.25) is 0 Å². The molecule has 0 atom stereocenters. The molecule has 2 amide bonds. The van der Waals surface area contributed by atoms with Gasteiger partial charge in [-0.15, -0.1) is 0 Å². The zero-order valence-electron chi connectivity index (χ0n) is 11.0. The normalized spacial score (nSPS) is 10.1. The summed E-state index contributed by atoms with van der Waals surface area (Å²) in [7, 11) is 0. The highest BCUT2D eigenvalue weighted by molar-refractivity contribution is 6.32. The largest absolute Gasteiger partial charge is 0.338 e. The Morgan fingerprint density at radius 1 is 1.65 bits per heavy atom. The molecule has 2 rings (SSSR count). The Hall–Kier alpha value is -2.34. The van der Waals surface area contributed by atoms with Gasteiger partial charge in [0.25, 0.3) is 0 Å². The third-order valence-electron chi connectivity index (χ3n) is 2.55. The molecule has 20 heavy (non-hydrogen) atoms. The zero-order chi connectivity index (χ0) is 14.5. The van der Waals surface area contributed by atoms with E-state index in [1.807, 2.05) is 13.0 Å². The third-order valence-corrected chi connectivity index (χ3v) is 2.82. The molecule has 0 saturated heterocycles. The van der Waals surface area contributed by atoms with Crippen molar-refractivity contribution in [3.8, 4) is 5.69 Å². The minimum atomic E-state index is -0.310. The van der Waals surface area contributed by atoms with E-state index in [4.69, 9.17) is 11.6 Å². The van der Waals surface area contributed by atoms with Crippen molar-refractivity contribution in [1.82, 2.24) is 20.1 Å². The van der Waals surface area contributed by atoms with Gasteiger partial charge in [0.1, 0.15) is 5.69 Å². The summed E-state index contributed by atoms with van der Waals surface area (Å²) >= 11 is 6.09. The van der Waals surface area contributed by atoms with Crippen molar-refractivity contribution in [3.63, 3.8) is 0 Å². The van der Waals surface area contributed by atoms with Crippen LogP contribution in [0.15, 0.2) is 43.5 Å². The highest BCUT2D eigenvalue weighted by Gasteiger charge is 2.18. The number of nitrogens with one attached hydrogen (secondary N) is 1. The standard InChI is InChI=1S/C13H14ClN5O/c1-3-16-13(20)18(4-2)11-9-19(17-12(11)14)10-6-5-7-15-8-10/h4-9H,2-3H2,1H3,(H,16,20). The molecule has 2 aromatic rings. The van der Waals surface area contributed by atoms with Gasteiger partial charge in [0.05, 0.1) is 18.1 Å². The Bertz CT molecular complexity index is 610. The molecule has 0 fully saturated rings. The first kappa shape index (κ1) is 14.1. The van der Waals surface area contributed by atoms with Crippen LogP contribution in [0.4, 0.5) is 10.5 Å². The Kier molecular flexibility index (Phi) is 4.37. The number of pyridine rings is 1. The molecule has 1 N–H and O–H groups in total. The van der Waals surface area contributed by atoms with Crippen molar-refractivity contribution in [2.24, 2.45) is 0 Å². The smallest absolute Gasteiger partial charge is 0.326 e. The van der Waals surface area contributed by atoms with Crippen LogP contribution in [0.5, 0.6) is 0 Å². The predicted octanol–water partition coefficient (Wildman–Crippen LogP) is 2.60. The molecule has 0 aromatic carbocycles. The molecule has 0 aliphatic carbocycles. The highest BCUT2D eigenvalue weighted by Crippen LogP contribution is 2.26. The number of aromatic nitrogens is 3. The molecule has 0 aliphatic rings. The number of urea groups is 1. The number of nitrogens with zero attached hydrogens (tertiary/aromatic N) is 4. The second-order valence-corrected chi connectivity index (χ2v) is 4.21. The SMILES string of the molecule is C=CN(C(=O)NCC)c1cn(-c2cccnc2)nc1Cl. The number of hydrogen-bond acceptors (Lipinski definition) is 3. The fourth-order valence-corrected chi connectivity index (χ4v) is 1.88. The van der Waals surface area contributed by atoms with Crippen LogP contribution in [-0.4, -0.2) is 27.3 Å². The topological polar surface area (TPSA) is 63.1 Å². The minimum absolute atomic E-state index is 0.208. The van der Waals surface area contributed by atoms with Gasteiger partial charge in [-0.05, 0) is 19.1 Å². The first-order valence-corrected chi connectivity index (χ1v) is 6.40. The third kappa shape index (κ3) is 2.80. The summed E-state index contributed by atoms with van der Waals surface area (Å²) in [5, 5.41) is 7.05. The lowest BCUT2D eigenvalue weighted by Crippen LogP contribution is -2.36. The highest BCUT2D eigenvalue weighted by atomic mass is 35.5. The average molecular weight is 292 g/mol. The van der Waals surface area contributed by atoms with Crippen molar-refractivity contribution in [2.75, 3.05) is 11.4 Å². The number of carbonyl (C=O) groups is 1. The van der Waals surface area contributed by atoms with Gasteiger partial charge >= 0.3 is 6.03 Å². The summed E-state index contributed by atoms with van der Waals surface area (Å²) in [6, 6.07) is 3.32. The van der Waals surface area contributed by atoms with E-state index in [1.54, 1.807) is 29.3 Å². The number of rotatable bonds is 4. The van der Waals surface area contributed by atoms with Crippen LogP contribution >= 0.6 is 11.6 Å². The van der Waals surface area contributed by atoms with Crippen molar-refractivity contribution >= 4 is 23.3 Å². The van der Waals surface area contributed by atoms with Crippen LogP contribution in [0.2, 0.25) is 5.15 Å². The number of hydrogen-bond donors (Lipinski definition) is 1. The maximum Gasteiger partial charge on any atom is 0.326 e. The number of carbonyl (C=O) groups excluding carboxylic acids is 1. The molecule has 104 valence electrons. The molecule has 7 heteroatoms. The predicted molar refractivity (Wildman–Crippen MR) is 78.1 cm³/mol. The van der Waals surface area contributed by atoms with Crippen molar-refractivity contribution in [3.05, 3.63) is 48.7 Å². The molecular weight excluding hydrogens is 278 g/mol. The van der Waals surface area contributed by atoms with Gasteiger partial charge < -0.3 is 5.32 Å². The average Bonchev–Trinajstić information content (AvgIpc) is 2.83. The summed E-state index contributed by atoms with van der Waals surface area (Å²) in [4.78, 5) is 17.2. The molecule has 2 heterocycles. The van der Waals surface area contributed by atoms with Crippen LogP contribution in [-0.2, 0) is 0 Å². The van der Waals surface area contributed by atoms with E-state index in [1.165, 1.54) is 11.1 Å². The lowest BCUT2D eigenvalue weighted by molar-refractivity contribution is 0.249. The molecule has 2 aromatic heterocycles. The first-order valence-electron chi connectivity index (χ1n) is 6.02. The Morgan fingerprint density at radius 2 is 2.45 bits per heavy atom. The van der Waals surface area contributed by atoms with E-state index in [0.29, 0.717) is 12.2 Å². The number of amides is 2. The summed E-state index contributed by atoms with van der Waals surface area (Å²) < 4.78 is 1.56. The fourth-order valence-electron chi connectivity index (χ4n) is 1.65. The second-order valence-electron chi connectivity index (χ2n) is 3.85. The molecule has 0 radical (unpaired) electrons. The lowest BCUT2D eigenvalue weighted by atomic mass is 10.4.